The maximum absolute atomic E-state index is 12.9. The van der Waals surface area contributed by atoms with E-state index in [9.17, 15) is 9.59 Å². The van der Waals surface area contributed by atoms with Crippen molar-refractivity contribution in [1.29, 1.82) is 0 Å². The largest absolute Gasteiger partial charge is 0.482 e. The van der Waals surface area contributed by atoms with Gasteiger partial charge in [-0.15, -0.1) is 0 Å². The summed E-state index contributed by atoms with van der Waals surface area (Å²) in [4.78, 5) is 26.7. The van der Waals surface area contributed by atoms with Crippen LogP contribution in [0.2, 0.25) is 5.02 Å². The van der Waals surface area contributed by atoms with Crippen molar-refractivity contribution >= 4 is 23.4 Å². The molecule has 0 aliphatic rings. The number of likely N-dealkylation sites (N-methyl/N-ethyl adjacent to an activating group) is 1. The first-order valence-electron chi connectivity index (χ1n) is 8.93. The molecule has 2 rings (SSSR count). The molecule has 0 saturated carbocycles. The second kappa shape index (κ2) is 9.97. The number of aryl methyl sites for hydroxylation is 1. The number of nitrogens with zero attached hydrogens (tertiary/aromatic N) is 1. The third-order valence-electron chi connectivity index (χ3n) is 4.31. The SMILES string of the molecule is CCNC(=O)[C@@H](C)N(Cc1ccccc1C)C(=O)COc1ccccc1Cl. The van der Waals surface area contributed by atoms with Gasteiger partial charge in [0, 0.05) is 13.1 Å². The Hall–Kier alpha value is -2.53. The normalized spacial score (nSPS) is 11.6. The summed E-state index contributed by atoms with van der Waals surface area (Å²) in [6.07, 6.45) is 0. The first kappa shape index (κ1) is 20.8. The van der Waals surface area contributed by atoms with Crippen LogP contribution in [0.3, 0.4) is 0 Å². The van der Waals surface area contributed by atoms with Gasteiger partial charge in [-0.3, -0.25) is 9.59 Å². The van der Waals surface area contributed by atoms with Gasteiger partial charge < -0.3 is 15.0 Å². The van der Waals surface area contributed by atoms with Crippen LogP contribution in [-0.4, -0.2) is 35.9 Å². The van der Waals surface area contributed by atoms with Gasteiger partial charge >= 0.3 is 0 Å². The molecule has 0 saturated heterocycles. The molecule has 1 N–H and O–H groups in total. The summed E-state index contributed by atoms with van der Waals surface area (Å²) in [7, 11) is 0. The molecule has 0 aliphatic carbocycles. The van der Waals surface area contributed by atoms with E-state index in [1.54, 1.807) is 31.2 Å². The predicted octanol–water partition coefficient (Wildman–Crippen LogP) is 3.58. The topological polar surface area (TPSA) is 58.6 Å². The first-order valence-corrected chi connectivity index (χ1v) is 9.30. The van der Waals surface area contributed by atoms with Gasteiger partial charge in [0.1, 0.15) is 11.8 Å². The van der Waals surface area contributed by atoms with Crippen molar-refractivity contribution in [2.24, 2.45) is 0 Å². The molecule has 0 fully saturated rings. The predicted molar refractivity (Wildman–Crippen MR) is 107 cm³/mol. The van der Waals surface area contributed by atoms with E-state index in [-0.39, 0.29) is 18.4 Å². The van der Waals surface area contributed by atoms with Crippen molar-refractivity contribution in [3.05, 3.63) is 64.7 Å². The van der Waals surface area contributed by atoms with Gasteiger partial charge in [0.25, 0.3) is 5.91 Å². The van der Waals surface area contributed by atoms with Crippen LogP contribution in [0.4, 0.5) is 0 Å². The lowest BCUT2D eigenvalue weighted by Gasteiger charge is -2.29. The smallest absolute Gasteiger partial charge is 0.261 e. The molecule has 2 aromatic carbocycles. The lowest BCUT2D eigenvalue weighted by Crippen LogP contribution is -2.49. The molecule has 27 heavy (non-hydrogen) atoms. The zero-order chi connectivity index (χ0) is 19.8. The maximum Gasteiger partial charge on any atom is 0.261 e. The van der Waals surface area contributed by atoms with E-state index in [1.807, 2.05) is 38.1 Å². The van der Waals surface area contributed by atoms with Crippen LogP contribution in [0.5, 0.6) is 5.75 Å². The molecule has 0 radical (unpaired) electrons. The molecule has 0 aromatic heterocycles. The Labute approximate surface area is 165 Å². The van der Waals surface area contributed by atoms with Gasteiger partial charge in [-0.1, -0.05) is 48.0 Å². The van der Waals surface area contributed by atoms with Crippen LogP contribution >= 0.6 is 11.6 Å². The van der Waals surface area contributed by atoms with E-state index in [4.69, 9.17) is 16.3 Å². The van der Waals surface area contributed by atoms with Gasteiger partial charge in [0.05, 0.1) is 5.02 Å². The fourth-order valence-electron chi connectivity index (χ4n) is 2.66. The molecular formula is C21H25ClN2O3. The summed E-state index contributed by atoms with van der Waals surface area (Å²) in [5.74, 6) is -0.0388. The van der Waals surface area contributed by atoms with Crippen molar-refractivity contribution in [2.45, 2.75) is 33.4 Å². The molecule has 0 heterocycles. The molecular weight excluding hydrogens is 364 g/mol. The van der Waals surface area contributed by atoms with E-state index < -0.39 is 6.04 Å². The average Bonchev–Trinajstić information content (AvgIpc) is 2.66. The Balaban J connectivity index is 2.17. The van der Waals surface area contributed by atoms with Crippen molar-refractivity contribution in [1.82, 2.24) is 10.2 Å². The van der Waals surface area contributed by atoms with E-state index in [1.165, 1.54) is 4.90 Å². The molecule has 0 spiro atoms. The number of nitrogens with one attached hydrogen (secondary N) is 1. The third kappa shape index (κ3) is 5.73. The lowest BCUT2D eigenvalue weighted by molar-refractivity contribution is -0.142. The Morgan fingerprint density at radius 3 is 2.48 bits per heavy atom. The first-order chi connectivity index (χ1) is 12.9. The summed E-state index contributed by atoms with van der Waals surface area (Å²) in [5.41, 5.74) is 2.05. The summed E-state index contributed by atoms with van der Waals surface area (Å²) in [5, 5.41) is 3.21. The van der Waals surface area contributed by atoms with Crippen LogP contribution in [-0.2, 0) is 16.1 Å². The number of halogens is 1. The highest BCUT2D eigenvalue weighted by Gasteiger charge is 2.26. The zero-order valence-electron chi connectivity index (χ0n) is 15.9. The molecule has 2 amide bonds. The molecule has 5 nitrogen and oxygen atoms in total. The number of carbonyl (C=O) groups is 2. The Morgan fingerprint density at radius 1 is 1.15 bits per heavy atom. The van der Waals surface area contributed by atoms with Crippen LogP contribution in [0, 0.1) is 6.92 Å². The Morgan fingerprint density at radius 2 is 1.81 bits per heavy atom. The van der Waals surface area contributed by atoms with E-state index in [0.717, 1.165) is 11.1 Å². The molecule has 0 bridgehead atoms. The van der Waals surface area contributed by atoms with Crippen molar-refractivity contribution < 1.29 is 14.3 Å². The number of benzene rings is 2. The standard InChI is InChI=1S/C21H25ClN2O3/c1-4-23-21(26)16(3)24(13-17-10-6-5-9-15(17)2)20(25)14-27-19-12-8-7-11-18(19)22/h5-12,16H,4,13-14H2,1-3H3,(H,23,26)/t16-/m1/s1. The second-order valence-corrected chi connectivity index (χ2v) is 6.64. The highest BCUT2D eigenvalue weighted by Crippen LogP contribution is 2.23. The summed E-state index contributed by atoms with van der Waals surface area (Å²) >= 11 is 6.08. The van der Waals surface area contributed by atoms with Crippen LogP contribution in [0.1, 0.15) is 25.0 Å². The number of hydrogen-bond acceptors (Lipinski definition) is 3. The molecule has 2 aromatic rings. The fourth-order valence-corrected chi connectivity index (χ4v) is 2.85. The minimum absolute atomic E-state index is 0.195. The zero-order valence-corrected chi connectivity index (χ0v) is 16.6. The number of para-hydroxylation sites is 1. The third-order valence-corrected chi connectivity index (χ3v) is 4.62. The van der Waals surface area contributed by atoms with Gasteiger partial charge in [0.2, 0.25) is 5.91 Å². The Kier molecular flexibility index (Phi) is 7.67. The number of amides is 2. The number of rotatable bonds is 8. The average molecular weight is 389 g/mol. The Bertz CT molecular complexity index is 795. The summed E-state index contributed by atoms with van der Waals surface area (Å²) < 4.78 is 5.58. The maximum atomic E-state index is 12.9. The summed E-state index contributed by atoms with van der Waals surface area (Å²) in [6.45, 7) is 6.19. The van der Waals surface area contributed by atoms with Crippen molar-refractivity contribution in [2.75, 3.05) is 13.2 Å². The monoisotopic (exact) mass is 388 g/mol. The van der Waals surface area contributed by atoms with Gasteiger partial charge in [-0.2, -0.15) is 0 Å². The van der Waals surface area contributed by atoms with Gasteiger partial charge in [0.15, 0.2) is 6.61 Å². The number of hydrogen-bond donors (Lipinski definition) is 1. The number of carbonyl (C=O) groups excluding carboxylic acids is 2. The molecule has 6 heteroatoms. The highest BCUT2D eigenvalue weighted by molar-refractivity contribution is 6.32. The van der Waals surface area contributed by atoms with E-state index >= 15 is 0 Å². The fraction of sp³-hybridized carbons (Fsp3) is 0.333. The van der Waals surface area contributed by atoms with Crippen molar-refractivity contribution in [3.8, 4) is 5.75 Å². The molecule has 1 atom stereocenters. The van der Waals surface area contributed by atoms with E-state index in [0.29, 0.717) is 23.9 Å². The quantitative estimate of drug-likeness (QED) is 0.751. The lowest BCUT2D eigenvalue weighted by atomic mass is 10.1. The number of ether oxygens (including phenoxy) is 1. The van der Waals surface area contributed by atoms with Crippen LogP contribution in [0.25, 0.3) is 0 Å². The highest BCUT2D eigenvalue weighted by atomic mass is 35.5. The summed E-state index contributed by atoms with van der Waals surface area (Å²) in [6, 6.07) is 14.2. The van der Waals surface area contributed by atoms with Crippen LogP contribution in [0.15, 0.2) is 48.5 Å². The van der Waals surface area contributed by atoms with Crippen LogP contribution < -0.4 is 10.1 Å². The van der Waals surface area contributed by atoms with E-state index in [2.05, 4.69) is 5.32 Å². The minimum atomic E-state index is -0.619. The van der Waals surface area contributed by atoms with Gasteiger partial charge in [-0.25, -0.2) is 0 Å². The molecule has 144 valence electrons. The minimum Gasteiger partial charge on any atom is -0.482 e. The molecule has 0 aliphatic heterocycles. The second-order valence-electron chi connectivity index (χ2n) is 6.24. The van der Waals surface area contributed by atoms with Gasteiger partial charge in [-0.05, 0) is 44.0 Å². The molecule has 0 unspecified atom stereocenters. The van der Waals surface area contributed by atoms with Crippen molar-refractivity contribution in [3.63, 3.8) is 0 Å².